The van der Waals surface area contributed by atoms with Crippen molar-refractivity contribution >= 4 is 17.6 Å². The van der Waals surface area contributed by atoms with Crippen molar-refractivity contribution in [2.75, 3.05) is 0 Å². The first-order valence-electron chi connectivity index (χ1n) is 5.62. The minimum atomic E-state index is -0.832. The molecule has 18 heavy (non-hydrogen) atoms. The smallest absolute Gasteiger partial charge is 0.303 e. The molecule has 1 aromatic heterocycles. The second-order valence-electron chi connectivity index (χ2n) is 4.00. The van der Waals surface area contributed by atoms with Crippen LogP contribution >= 0.6 is 11.6 Å². The number of hydrogen-bond donors (Lipinski definition) is 1. The molecule has 0 radical (unpaired) electrons. The van der Waals surface area contributed by atoms with E-state index in [1.54, 1.807) is 10.9 Å². The fourth-order valence-corrected chi connectivity index (χ4v) is 1.93. The number of aryl methyl sites for hydroxylation is 1. The predicted molar refractivity (Wildman–Crippen MR) is 68.7 cm³/mol. The third-order valence-corrected chi connectivity index (χ3v) is 3.07. The fraction of sp³-hybridized carbons (Fsp3) is 0.231. The van der Waals surface area contributed by atoms with Gasteiger partial charge in [0, 0.05) is 12.0 Å². The average Bonchev–Trinajstić information content (AvgIpc) is 2.70. The van der Waals surface area contributed by atoms with Crippen LogP contribution in [-0.2, 0) is 17.8 Å². The molecule has 1 N–H and O–H groups in total. The highest BCUT2D eigenvalue weighted by Gasteiger charge is 2.10. The molecule has 0 aliphatic carbocycles. The minimum absolute atomic E-state index is 0.0662. The highest BCUT2D eigenvalue weighted by molar-refractivity contribution is 6.30. The van der Waals surface area contributed by atoms with Gasteiger partial charge in [0.2, 0.25) is 0 Å². The first-order valence-corrected chi connectivity index (χ1v) is 6.00. The number of hydrogen-bond acceptors (Lipinski definition) is 2. The summed E-state index contributed by atoms with van der Waals surface area (Å²) in [6.07, 6.45) is 2.11. The van der Waals surface area contributed by atoms with Crippen LogP contribution in [0.15, 0.2) is 36.5 Å². The van der Waals surface area contributed by atoms with Gasteiger partial charge in [0.05, 0.1) is 12.7 Å². The lowest BCUT2D eigenvalue weighted by atomic mass is 10.2. The third kappa shape index (κ3) is 3.11. The average molecular weight is 265 g/mol. The van der Waals surface area contributed by atoms with Crippen LogP contribution < -0.4 is 0 Å². The van der Waals surface area contributed by atoms with Crippen LogP contribution in [0.2, 0.25) is 5.15 Å². The molecular formula is C13H13ClN2O2. The van der Waals surface area contributed by atoms with Gasteiger partial charge in [0.1, 0.15) is 5.15 Å². The van der Waals surface area contributed by atoms with Crippen molar-refractivity contribution in [2.45, 2.75) is 19.4 Å². The Balaban J connectivity index is 2.08. The molecule has 4 nitrogen and oxygen atoms in total. The summed E-state index contributed by atoms with van der Waals surface area (Å²) in [5, 5.41) is 13.3. The number of benzene rings is 1. The van der Waals surface area contributed by atoms with Crippen molar-refractivity contribution in [2.24, 2.45) is 0 Å². The lowest BCUT2D eigenvalue weighted by Crippen LogP contribution is -2.02. The van der Waals surface area contributed by atoms with E-state index >= 15 is 0 Å². The molecule has 2 rings (SSSR count). The Hall–Kier alpha value is -1.81. The van der Waals surface area contributed by atoms with Crippen LogP contribution in [0.3, 0.4) is 0 Å². The maximum absolute atomic E-state index is 10.5. The number of aromatic nitrogens is 2. The Morgan fingerprint density at radius 2 is 2.06 bits per heavy atom. The molecule has 0 bridgehead atoms. The van der Waals surface area contributed by atoms with E-state index in [4.69, 9.17) is 16.7 Å². The second kappa shape index (κ2) is 5.69. The highest BCUT2D eigenvalue weighted by atomic mass is 35.5. The quantitative estimate of drug-likeness (QED) is 0.903. The van der Waals surface area contributed by atoms with Crippen molar-refractivity contribution in [3.05, 3.63) is 52.8 Å². The molecule has 94 valence electrons. The van der Waals surface area contributed by atoms with Gasteiger partial charge in [-0.15, -0.1) is 0 Å². The first-order chi connectivity index (χ1) is 8.66. The van der Waals surface area contributed by atoms with Crippen LogP contribution in [0, 0.1) is 0 Å². The summed E-state index contributed by atoms with van der Waals surface area (Å²) in [5.41, 5.74) is 1.88. The van der Waals surface area contributed by atoms with E-state index < -0.39 is 5.97 Å². The van der Waals surface area contributed by atoms with E-state index in [9.17, 15) is 4.79 Å². The van der Waals surface area contributed by atoms with Crippen molar-refractivity contribution < 1.29 is 9.90 Å². The van der Waals surface area contributed by atoms with E-state index in [2.05, 4.69) is 5.10 Å². The summed E-state index contributed by atoms with van der Waals surface area (Å²) >= 11 is 6.17. The van der Waals surface area contributed by atoms with Gasteiger partial charge in [-0.05, 0) is 12.0 Å². The second-order valence-corrected chi connectivity index (χ2v) is 4.36. The van der Waals surface area contributed by atoms with Crippen molar-refractivity contribution in [3.8, 4) is 0 Å². The molecule has 0 saturated carbocycles. The summed E-state index contributed by atoms with van der Waals surface area (Å²) in [4.78, 5) is 10.5. The van der Waals surface area contributed by atoms with E-state index in [0.29, 0.717) is 18.1 Å². The first kappa shape index (κ1) is 12.6. The summed E-state index contributed by atoms with van der Waals surface area (Å²) in [5.74, 6) is -0.832. The molecule has 0 saturated heterocycles. The van der Waals surface area contributed by atoms with Crippen molar-refractivity contribution in [1.29, 1.82) is 0 Å². The number of carboxylic acid groups (broad SMARTS) is 1. The zero-order valence-corrected chi connectivity index (χ0v) is 10.5. The number of rotatable bonds is 5. The van der Waals surface area contributed by atoms with Gasteiger partial charge in [-0.2, -0.15) is 5.10 Å². The van der Waals surface area contributed by atoms with Crippen LogP contribution in [0.1, 0.15) is 17.5 Å². The predicted octanol–water partition coefficient (Wildman–Crippen LogP) is 2.60. The molecule has 0 aliphatic rings. The van der Waals surface area contributed by atoms with Crippen molar-refractivity contribution in [3.63, 3.8) is 0 Å². The molecule has 0 atom stereocenters. The Morgan fingerprint density at radius 1 is 1.33 bits per heavy atom. The molecule has 0 amide bonds. The number of halogens is 1. The SMILES string of the molecule is O=C(O)CCc1cnn(Cc2ccccc2)c1Cl. The van der Waals surface area contributed by atoms with Gasteiger partial charge < -0.3 is 5.11 Å². The van der Waals surface area contributed by atoms with E-state index in [1.807, 2.05) is 30.3 Å². The molecule has 1 heterocycles. The number of nitrogens with zero attached hydrogens (tertiary/aromatic N) is 2. The fourth-order valence-electron chi connectivity index (χ4n) is 1.68. The number of aliphatic carboxylic acids is 1. The molecule has 0 spiro atoms. The number of carboxylic acids is 1. The molecule has 5 heteroatoms. The van der Waals surface area contributed by atoms with Crippen molar-refractivity contribution in [1.82, 2.24) is 9.78 Å². The molecule has 2 aromatic rings. The summed E-state index contributed by atoms with van der Waals surface area (Å²) < 4.78 is 1.67. The van der Waals surface area contributed by atoms with E-state index in [0.717, 1.165) is 11.1 Å². The summed E-state index contributed by atoms with van der Waals surface area (Å²) in [6, 6.07) is 9.85. The molecule has 0 fully saturated rings. The summed E-state index contributed by atoms with van der Waals surface area (Å²) in [6.45, 7) is 0.590. The van der Waals surface area contributed by atoms with Gasteiger partial charge in [0.15, 0.2) is 0 Å². The zero-order chi connectivity index (χ0) is 13.0. The lowest BCUT2D eigenvalue weighted by Gasteiger charge is -2.03. The summed E-state index contributed by atoms with van der Waals surface area (Å²) in [7, 11) is 0. The molecule has 0 aliphatic heterocycles. The Morgan fingerprint density at radius 3 is 2.72 bits per heavy atom. The highest BCUT2D eigenvalue weighted by Crippen LogP contribution is 2.18. The Kier molecular flexibility index (Phi) is 3.99. The standard InChI is InChI=1S/C13H13ClN2O2/c14-13-11(6-7-12(17)18)8-15-16(13)9-10-4-2-1-3-5-10/h1-5,8H,6-7,9H2,(H,17,18). The van der Waals surface area contributed by atoms with Gasteiger partial charge in [0.25, 0.3) is 0 Å². The third-order valence-electron chi connectivity index (χ3n) is 2.63. The zero-order valence-electron chi connectivity index (χ0n) is 9.71. The van der Waals surface area contributed by atoms with Crippen LogP contribution in [-0.4, -0.2) is 20.9 Å². The Bertz CT molecular complexity index is 537. The lowest BCUT2D eigenvalue weighted by molar-refractivity contribution is -0.136. The van der Waals surface area contributed by atoms with Crippen LogP contribution in [0.25, 0.3) is 0 Å². The monoisotopic (exact) mass is 264 g/mol. The normalized spacial score (nSPS) is 10.5. The van der Waals surface area contributed by atoms with Gasteiger partial charge >= 0.3 is 5.97 Å². The molecular weight excluding hydrogens is 252 g/mol. The van der Waals surface area contributed by atoms with Gasteiger partial charge in [-0.1, -0.05) is 41.9 Å². The topological polar surface area (TPSA) is 55.1 Å². The van der Waals surface area contributed by atoms with Gasteiger partial charge in [-0.3, -0.25) is 4.79 Å². The minimum Gasteiger partial charge on any atom is -0.481 e. The van der Waals surface area contributed by atoms with Crippen LogP contribution in [0.5, 0.6) is 0 Å². The van der Waals surface area contributed by atoms with Gasteiger partial charge in [-0.25, -0.2) is 4.68 Å². The van der Waals surface area contributed by atoms with E-state index in [-0.39, 0.29) is 6.42 Å². The number of carbonyl (C=O) groups is 1. The molecule has 1 aromatic carbocycles. The maximum Gasteiger partial charge on any atom is 0.303 e. The Labute approximate surface area is 110 Å². The molecule has 0 unspecified atom stereocenters. The van der Waals surface area contributed by atoms with E-state index in [1.165, 1.54) is 0 Å². The largest absolute Gasteiger partial charge is 0.481 e. The maximum atomic E-state index is 10.5. The van der Waals surface area contributed by atoms with Crippen LogP contribution in [0.4, 0.5) is 0 Å².